The van der Waals surface area contributed by atoms with Crippen molar-refractivity contribution in [3.05, 3.63) is 60.1 Å². The van der Waals surface area contributed by atoms with Crippen LogP contribution < -0.4 is 0 Å². The van der Waals surface area contributed by atoms with E-state index in [0.717, 1.165) is 13.8 Å². The van der Waals surface area contributed by atoms with Crippen molar-refractivity contribution in [3.63, 3.8) is 0 Å². The van der Waals surface area contributed by atoms with Gasteiger partial charge in [-0.15, -0.1) is 0 Å². The maximum Gasteiger partial charge on any atom is 0.341 e. The summed E-state index contributed by atoms with van der Waals surface area (Å²) in [6, 6.07) is 9.82. The van der Waals surface area contributed by atoms with Crippen LogP contribution in [0.15, 0.2) is 53.3 Å². The highest BCUT2D eigenvalue weighted by molar-refractivity contribution is 5.90. The van der Waals surface area contributed by atoms with E-state index >= 15 is 0 Å². The third-order valence-corrected chi connectivity index (χ3v) is 9.40. The molecule has 2 aromatic rings. The first-order valence-electron chi connectivity index (χ1n) is 13.9. The Hall–Kier alpha value is -3.70. The number of rotatable bonds is 6. The molecular formula is C31H36O11. The topological polar surface area (TPSA) is 148 Å². The Morgan fingerprint density at radius 3 is 2.07 bits per heavy atom. The van der Waals surface area contributed by atoms with Gasteiger partial charge in [0.25, 0.3) is 0 Å². The smallest absolute Gasteiger partial charge is 0.341 e. The molecule has 3 fully saturated rings. The highest BCUT2D eigenvalue weighted by Crippen LogP contribution is 2.68. The molecule has 1 aliphatic heterocycles. The third-order valence-electron chi connectivity index (χ3n) is 9.40. The number of benzene rings is 1. The number of fused-ring (bicyclic) bond motifs is 1. The monoisotopic (exact) mass is 584 g/mol. The number of hydrogen-bond acceptors (Lipinski definition) is 11. The number of carbonyl (C=O) groups is 4. The number of esters is 4. The zero-order chi connectivity index (χ0) is 30.7. The molecule has 11 nitrogen and oxygen atoms in total. The van der Waals surface area contributed by atoms with Gasteiger partial charge in [-0.2, -0.15) is 0 Å². The lowest BCUT2D eigenvalue weighted by Crippen LogP contribution is -2.82. The minimum Gasteiger partial charge on any atom is -0.472 e. The maximum absolute atomic E-state index is 13.5. The van der Waals surface area contributed by atoms with E-state index in [2.05, 4.69) is 0 Å². The number of furan rings is 1. The standard InChI is InChI=1S/C31H36O11/c1-17(32)38-23-24(41-27(35)20-12-13-37-16-20)29(5)22(40-26(34)19-10-8-7-9-11-19)14-21-15-31(29,42-28(21,3)4)30(6,36)25(23)39-18(2)33/h7-13,16,21-25,36H,14-15H2,1-6H3/t21-,22+,23+,24+,25+,29-,30+,31-/m1/s1. The fraction of sp³-hybridized carbons (Fsp3) is 0.548. The first-order valence-corrected chi connectivity index (χ1v) is 13.9. The van der Waals surface area contributed by atoms with E-state index < -0.39 is 70.5 Å². The van der Waals surface area contributed by atoms with Crippen LogP contribution in [0.4, 0.5) is 0 Å². The Morgan fingerprint density at radius 1 is 0.833 bits per heavy atom. The molecule has 1 saturated heterocycles. The van der Waals surface area contributed by atoms with Crippen LogP contribution >= 0.6 is 0 Å². The van der Waals surface area contributed by atoms with Gasteiger partial charge in [-0.1, -0.05) is 18.2 Å². The molecule has 1 aromatic heterocycles. The van der Waals surface area contributed by atoms with Crippen LogP contribution in [0.1, 0.15) is 75.1 Å². The summed E-state index contributed by atoms with van der Waals surface area (Å²) in [7, 11) is 0. The minimum atomic E-state index is -2.00. The molecule has 0 radical (unpaired) electrons. The van der Waals surface area contributed by atoms with Crippen molar-refractivity contribution in [2.75, 3.05) is 0 Å². The summed E-state index contributed by atoms with van der Waals surface area (Å²) in [4.78, 5) is 51.8. The SMILES string of the molecule is CC(=O)O[C@H]1[C@H](OC(=O)c2ccoc2)[C@@]2(C)[C@@H](OC(=O)c3ccccc3)C[C@@H]3C[C@]2(OC3(C)C)[C@@](C)(O)[C@H]1OC(C)=O. The second kappa shape index (κ2) is 10.2. The first-order chi connectivity index (χ1) is 19.6. The van der Waals surface area contributed by atoms with E-state index in [9.17, 15) is 24.3 Å². The summed E-state index contributed by atoms with van der Waals surface area (Å²) >= 11 is 0. The van der Waals surface area contributed by atoms with Crippen molar-refractivity contribution in [3.8, 4) is 0 Å². The summed E-state index contributed by atoms with van der Waals surface area (Å²) in [5, 5.41) is 12.5. The fourth-order valence-electron chi connectivity index (χ4n) is 7.32. The predicted octanol–water partition coefficient (Wildman–Crippen LogP) is 3.62. The highest BCUT2D eigenvalue weighted by Gasteiger charge is 2.82. The molecule has 11 heteroatoms. The Balaban J connectivity index is 1.71. The number of aliphatic hydroxyl groups is 1. The Morgan fingerprint density at radius 2 is 1.48 bits per heavy atom. The third kappa shape index (κ3) is 4.50. The summed E-state index contributed by atoms with van der Waals surface area (Å²) in [6.07, 6.45) is -2.34. The number of hydrogen-bond donors (Lipinski definition) is 1. The molecule has 0 amide bonds. The van der Waals surface area contributed by atoms with Gasteiger partial charge in [-0.3, -0.25) is 9.59 Å². The molecular weight excluding hydrogens is 548 g/mol. The van der Waals surface area contributed by atoms with Crippen molar-refractivity contribution in [1.82, 2.24) is 0 Å². The van der Waals surface area contributed by atoms with Gasteiger partial charge in [0, 0.05) is 13.8 Å². The summed E-state index contributed by atoms with van der Waals surface area (Å²) in [5.74, 6) is -3.18. The summed E-state index contributed by atoms with van der Waals surface area (Å²) in [5.41, 5.74) is -5.55. The van der Waals surface area contributed by atoms with E-state index in [4.69, 9.17) is 28.1 Å². The van der Waals surface area contributed by atoms with Gasteiger partial charge in [0.1, 0.15) is 23.6 Å². The fourth-order valence-corrected chi connectivity index (χ4v) is 7.32. The highest BCUT2D eigenvalue weighted by atomic mass is 16.6. The van der Waals surface area contributed by atoms with Gasteiger partial charge in [0.15, 0.2) is 18.3 Å². The van der Waals surface area contributed by atoms with E-state index in [0.29, 0.717) is 12.0 Å². The van der Waals surface area contributed by atoms with E-state index in [-0.39, 0.29) is 17.9 Å². The lowest BCUT2D eigenvalue weighted by Gasteiger charge is -2.65. The molecule has 3 aliphatic rings. The molecule has 5 rings (SSSR count). The lowest BCUT2D eigenvalue weighted by molar-refractivity contribution is -0.351. The van der Waals surface area contributed by atoms with Crippen LogP contribution in [0, 0.1) is 11.3 Å². The average Bonchev–Trinajstić information content (AvgIpc) is 3.53. The Bertz CT molecular complexity index is 1360. The normalized spacial score (nSPS) is 36.3. The molecule has 8 atom stereocenters. The summed E-state index contributed by atoms with van der Waals surface area (Å²) < 4.78 is 35.5. The van der Waals surface area contributed by atoms with Gasteiger partial charge in [-0.25, -0.2) is 9.59 Å². The van der Waals surface area contributed by atoms with Crippen LogP contribution in [-0.2, 0) is 33.3 Å². The lowest BCUT2D eigenvalue weighted by atomic mass is 9.47. The van der Waals surface area contributed by atoms with E-state index in [1.165, 1.54) is 25.5 Å². The molecule has 2 aliphatic carbocycles. The van der Waals surface area contributed by atoms with Gasteiger partial charge in [0.2, 0.25) is 0 Å². The van der Waals surface area contributed by atoms with E-state index in [1.54, 1.807) is 37.3 Å². The molecule has 1 N–H and O–H groups in total. The molecule has 1 spiro atoms. The van der Waals surface area contributed by atoms with Gasteiger partial charge in [-0.05, 0) is 64.7 Å². The molecule has 2 saturated carbocycles. The first kappa shape index (κ1) is 29.8. The van der Waals surface area contributed by atoms with E-state index in [1.807, 2.05) is 13.8 Å². The van der Waals surface area contributed by atoms with Crippen molar-refractivity contribution in [2.24, 2.45) is 11.3 Å². The van der Waals surface area contributed by atoms with Gasteiger partial charge in [0.05, 0.1) is 28.4 Å². The van der Waals surface area contributed by atoms with Gasteiger partial charge >= 0.3 is 23.9 Å². The zero-order valence-corrected chi connectivity index (χ0v) is 24.4. The van der Waals surface area contributed by atoms with Crippen LogP contribution in [-0.4, -0.2) is 70.2 Å². The van der Waals surface area contributed by atoms with Crippen molar-refractivity contribution in [2.45, 2.75) is 95.6 Å². The zero-order valence-electron chi connectivity index (χ0n) is 24.4. The molecule has 1 aromatic carbocycles. The van der Waals surface area contributed by atoms with Crippen LogP contribution in [0.3, 0.4) is 0 Å². The average molecular weight is 585 g/mol. The molecule has 0 unspecified atom stereocenters. The quantitative estimate of drug-likeness (QED) is 0.392. The largest absolute Gasteiger partial charge is 0.472 e. The van der Waals surface area contributed by atoms with Crippen LogP contribution in [0.25, 0.3) is 0 Å². The number of carbonyl (C=O) groups excluding carboxylic acids is 4. The second-order valence-corrected chi connectivity index (χ2v) is 12.3. The van der Waals surface area contributed by atoms with Crippen LogP contribution in [0.5, 0.6) is 0 Å². The van der Waals surface area contributed by atoms with Gasteiger partial charge < -0.3 is 33.2 Å². The maximum atomic E-state index is 13.5. The Kier molecular flexibility index (Phi) is 7.26. The van der Waals surface area contributed by atoms with Crippen molar-refractivity contribution < 1.29 is 52.4 Å². The molecule has 2 heterocycles. The second-order valence-electron chi connectivity index (χ2n) is 12.3. The summed E-state index contributed by atoms with van der Waals surface area (Å²) in [6.45, 7) is 9.19. The van der Waals surface area contributed by atoms with Crippen molar-refractivity contribution >= 4 is 23.9 Å². The van der Waals surface area contributed by atoms with Crippen molar-refractivity contribution in [1.29, 1.82) is 0 Å². The number of ether oxygens (including phenoxy) is 5. The molecule has 2 bridgehead atoms. The Labute approximate surface area is 243 Å². The predicted molar refractivity (Wildman–Crippen MR) is 144 cm³/mol. The minimum absolute atomic E-state index is 0.0785. The van der Waals surface area contributed by atoms with Crippen LogP contribution in [0.2, 0.25) is 0 Å². The molecule has 42 heavy (non-hydrogen) atoms. The molecule has 226 valence electrons.